The number of nitrogens with one attached hydrogen (secondary N) is 1. The fraction of sp³-hybridized carbons (Fsp3) is 0.533. The fourth-order valence-electron chi connectivity index (χ4n) is 2.36. The van der Waals surface area contributed by atoms with Crippen LogP contribution in [-0.2, 0) is 4.79 Å². The van der Waals surface area contributed by atoms with E-state index in [0.29, 0.717) is 0 Å². The molecule has 1 heterocycles. The van der Waals surface area contributed by atoms with Gasteiger partial charge >= 0.3 is 0 Å². The number of alkyl halides is 1. The lowest BCUT2D eigenvalue weighted by Crippen LogP contribution is -2.23. The molecule has 0 aliphatic carbocycles. The zero-order valence-electron chi connectivity index (χ0n) is 11.6. The SMILES string of the molecule is CCC(Br)C(=O)Nc1ccc(N2CCCC2)cc1C. The van der Waals surface area contributed by atoms with E-state index < -0.39 is 0 Å². The molecule has 0 aromatic heterocycles. The summed E-state index contributed by atoms with van der Waals surface area (Å²) in [4.78, 5) is 14.1. The van der Waals surface area contributed by atoms with Crippen LogP contribution in [0.2, 0.25) is 0 Å². The van der Waals surface area contributed by atoms with Crippen LogP contribution < -0.4 is 10.2 Å². The molecule has 1 atom stereocenters. The standard InChI is InChI=1S/C15H21BrN2O/c1-3-13(16)15(19)17-14-7-6-12(10-11(14)2)18-8-4-5-9-18/h6-7,10,13H,3-5,8-9H2,1-2H3,(H,17,19). The normalized spacial score (nSPS) is 16.5. The number of aryl methyl sites for hydroxylation is 1. The van der Waals surface area contributed by atoms with Crippen LogP contribution in [0.1, 0.15) is 31.7 Å². The van der Waals surface area contributed by atoms with Crippen molar-refractivity contribution >= 4 is 33.2 Å². The maximum absolute atomic E-state index is 11.9. The third-order valence-corrected chi connectivity index (χ3v) is 4.65. The topological polar surface area (TPSA) is 32.3 Å². The molecule has 0 spiro atoms. The maximum atomic E-state index is 11.9. The Bertz CT molecular complexity index is 455. The van der Waals surface area contributed by atoms with Gasteiger partial charge in [-0.05, 0) is 49.9 Å². The first kappa shape index (κ1) is 14.4. The third kappa shape index (κ3) is 3.50. The summed E-state index contributed by atoms with van der Waals surface area (Å²) in [6.45, 7) is 6.32. The van der Waals surface area contributed by atoms with E-state index >= 15 is 0 Å². The van der Waals surface area contributed by atoms with E-state index in [9.17, 15) is 4.79 Å². The molecule has 1 amide bonds. The van der Waals surface area contributed by atoms with E-state index in [2.05, 4.69) is 38.3 Å². The minimum absolute atomic E-state index is 0.0273. The molecule has 1 fully saturated rings. The fourth-order valence-corrected chi connectivity index (χ4v) is 2.47. The molecule has 1 aromatic carbocycles. The van der Waals surface area contributed by atoms with Crippen molar-refractivity contribution in [2.45, 2.75) is 37.9 Å². The predicted molar refractivity (Wildman–Crippen MR) is 84.3 cm³/mol. The number of nitrogens with zero attached hydrogens (tertiary/aromatic N) is 1. The number of halogens is 1. The first-order valence-corrected chi connectivity index (χ1v) is 7.84. The highest BCUT2D eigenvalue weighted by atomic mass is 79.9. The molecule has 104 valence electrons. The average molecular weight is 325 g/mol. The highest BCUT2D eigenvalue weighted by molar-refractivity contribution is 9.10. The summed E-state index contributed by atoms with van der Waals surface area (Å²) in [6, 6.07) is 6.27. The summed E-state index contributed by atoms with van der Waals surface area (Å²) in [5.41, 5.74) is 3.29. The molecular formula is C15H21BrN2O. The third-order valence-electron chi connectivity index (χ3n) is 3.58. The Morgan fingerprint density at radius 3 is 2.68 bits per heavy atom. The lowest BCUT2D eigenvalue weighted by atomic mass is 10.1. The van der Waals surface area contributed by atoms with Crippen molar-refractivity contribution in [3.63, 3.8) is 0 Å². The molecule has 4 heteroatoms. The van der Waals surface area contributed by atoms with Crippen molar-refractivity contribution in [3.05, 3.63) is 23.8 Å². The number of carbonyl (C=O) groups is 1. The second-order valence-corrected chi connectivity index (χ2v) is 6.16. The van der Waals surface area contributed by atoms with Crippen LogP contribution in [0.4, 0.5) is 11.4 Å². The van der Waals surface area contributed by atoms with Gasteiger partial charge in [0.25, 0.3) is 0 Å². The van der Waals surface area contributed by atoms with Crippen LogP contribution in [0, 0.1) is 6.92 Å². The van der Waals surface area contributed by atoms with E-state index in [4.69, 9.17) is 0 Å². The Balaban J connectivity index is 2.08. The summed E-state index contributed by atoms with van der Waals surface area (Å²) >= 11 is 3.37. The maximum Gasteiger partial charge on any atom is 0.238 e. The Kier molecular flexibility index (Phi) is 4.86. The van der Waals surface area contributed by atoms with Gasteiger partial charge in [0.05, 0.1) is 4.83 Å². The first-order valence-electron chi connectivity index (χ1n) is 6.92. The van der Waals surface area contributed by atoms with Gasteiger partial charge in [-0.2, -0.15) is 0 Å². The number of anilines is 2. The minimum Gasteiger partial charge on any atom is -0.372 e. The number of rotatable bonds is 4. The van der Waals surface area contributed by atoms with Crippen molar-refractivity contribution in [2.75, 3.05) is 23.3 Å². The van der Waals surface area contributed by atoms with Gasteiger partial charge in [0, 0.05) is 24.5 Å². The van der Waals surface area contributed by atoms with E-state index in [1.54, 1.807) is 0 Å². The summed E-state index contributed by atoms with van der Waals surface area (Å²) < 4.78 is 0. The molecule has 0 bridgehead atoms. The molecule has 1 unspecified atom stereocenters. The molecule has 0 saturated carbocycles. The van der Waals surface area contributed by atoms with Gasteiger partial charge in [0.15, 0.2) is 0 Å². The van der Waals surface area contributed by atoms with E-state index in [-0.39, 0.29) is 10.7 Å². The van der Waals surface area contributed by atoms with Gasteiger partial charge < -0.3 is 10.2 Å². The van der Waals surface area contributed by atoms with Crippen molar-refractivity contribution in [1.82, 2.24) is 0 Å². The minimum atomic E-state index is -0.120. The van der Waals surface area contributed by atoms with E-state index in [0.717, 1.165) is 30.8 Å². The molecule has 1 N–H and O–H groups in total. The molecular weight excluding hydrogens is 304 g/mol. The molecule has 19 heavy (non-hydrogen) atoms. The van der Waals surface area contributed by atoms with Gasteiger partial charge in [-0.1, -0.05) is 22.9 Å². The summed E-state index contributed by atoms with van der Waals surface area (Å²) in [5.74, 6) is 0.0273. The Labute approximate surface area is 123 Å². The zero-order chi connectivity index (χ0) is 13.8. The summed E-state index contributed by atoms with van der Waals surface area (Å²) in [7, 11) is 0. The number of benzene rings is 1. The number of carbonyl (C=O) groups excluding carboxylic acids is 1. The van der Waals surface area contributed by atoms with Gasteiger partial charge in [-0.15, -0.1) is 0 Å². The summed E-state index contributed by atoms with van der Waals surface area (Å²) in [5, 5.41) is 2.97. The molecule has 0 radical (unpaired) electrons. The van der Waals surface area contributed by atoms with Crippen LogP contribution in [0.3, 0.4) is 0 Å². The second-order valence-electron chi connectivity index (χ2n) is 5.06. The Morgan fingerprint density at radius 1 is 1.42 bits per heavy atom. The quantitative estimate of drug-likeness (QED) is 0.856. The lowest BCUT2D eigenvalue weighted by Gasteiger charge is -2.19. The van der Waals surface area contributed by atoms with Gasteiger partial charge in [0.1, 0.15) is 0 Å². The van der Waals surface area contributed by atoms with Gasteiger partial charge in [0.2, 0.25) is 5.91 Å². The van der Waals surface area contributed by atoms with E-state index in [1.165, 1.54) is 18.5 Å². The van der Waals surface area contributed by atoms with Crippen molar-refractivity contribution in [2.24, 2.45) is 0 Å². The van der Waals surface area contributed by atoms with Crippen molar-refractivity contribution in [3.8, 4) is 0 Å². The molecule has 1 aromatic rings. The van der Waals surface area contributed by atoms with Crippen LogP contribution in [0.15, 0.2) is 18.2 Å². The monoisotopic (exact) mass is 324 g/mol. The Hall–Kier alpha value is -1.03. The van der Waals surface area contributed by atoms with Crippen molar-refractivity contribution < 1.29 is 4.79 Å². The lowest BCUT2D eigenvalue weighted by molar-refractivity contribution is -0.115. The molecule has 1 saturated heterocycles. The van der Waals surface area contributed by atoms with Crippen LogP contribution in [0.25, 0.3) is 0 Å². The number of hydrogen-bond acceptors (Lipinski definition) is 2. The van der Waals surface area contributed by atoms with Crippen molar-refractivity contribution in [1.29, 1.82) is 0 Å². The van der Waals surface area contributed by atoms with Gasteiger partial charge in [-0.3, -0.25) is 4.79 Å². The van der Waals surface area contributed by atoms with Crippen LogP contribution in [-0.4, -0.2) is 23.8 Å². The Morgan fingerprint density at radius 2 is 2.11 bits per heavy atom. The summed E-state index contributed by atoms with van der Waals surface area (Å²) in [6.07, 6.45) is 3.34. The van der Waals surface area contributed by atoms with Crippen LogP contribution >= 0.6 is 15.9 Å². The average Bonchev–Trinajstić information content (AvgIpc) is 2.94. The number of hydrogen-bond donors (Lipinski definition) is 1. The van der Waals surface area contributed by atoms with Gasteiger partial charge in [-0.25, -0.2) is 0 Å². The highest BCUT2D eigenvalue weighted by Crippen LogP contribution is 2.25. The van der Waals surface area contributed by atoms with Crippen LogP contribution in [0.5, 0.6) is 0 Å². The molecule has 2 rings (SSSR count). The zero-order valence-corrected chi connectivity index (χ0v) is 13.2. The van der Waals surface area contributed by atoms with E-state index in [1.807, 2.05) is 19.9 Å². The smallest absolute Gasteiger partial charge is 0.238 e. The predicted octanol–water partition coefficient (Wildman–Crippen LogP) is 3.71. The second kappa shape index (κ2) is 6.42. The molecule has 1 aliphatic heterocycles. The molecule has 3 nitrogen and oxygen atoms in total. The number of amides is 1. The first-order chi connectivity index (χ1) is 9.11. The largest absolute Gasteiger partial charge is 0.372 e. The molecule has 1 aliphatic rings. The highest BCUT2D eigenvalue weighted by Gasteiger charge is 2.15.